The van der Waals surface area contributed by atoms with Crippen LogP contribution >= 0.6 is 22.6 Å². The van der Waals surface area contributed by atoms with E-state index in [0.29, 0.717) is 24.4 Å². The zero-order valence-corrected chi connectivity index (χ0v) is 13.0. The quantitative estimate of drug-likeness (QED) is 0.789. The molecule has 0 fully saturated rings. The van der Waals surface area contributed by atoms with Gasteiger partial charge in [-0.05, 0) is 60.8 Å². The highest BCUT2D eigenvalue weighted by atomic mass is 127. The summed E-state index contributed by atoms with van der Waals surface area (Å²) in [4.78, 5) is 4.29. The van der Waals surface area contributed by atoms with Crippen molar-refractivity contribution in [1.29, 1.82) is 0 Å². The number of ether oxygens (including phenoxy) is 1. The summed E-state index contributed by atoms with van der Waals surface area (Å²) in [7, 11) is 1.91. The van der Waals surface area contributed by atoms with Gasteiger partial charge in [0, 0.05) is 16.0 Å². The minimum absolute atomic E-state index is 0.293. The third-order valence-corrected chi connectivity index (χ3v) is 3.39. The average Bonchev–Trinajstić information content (AvgIpc) is 2.85. The summed E-state index contributed by atoms with van der Waals surface area (Å²) in [5.41, 5.74) is 0. The minimum atomic E-state index is 0.293. The molecule has 5 nitrogen and oxygen atoms in total. The van der Waals surface area contributed by atoms with Crippen molar-refractivity contribution in [3.63, 3.8) is 0 Å². The Morgan fingerprint density at radius 1 is 1.37 bits per heavy atom. The molecule has 0 bridgehead atoms. The van der Waals surface area contributed by atoms with Crippen LogP contribution in [-0.4, -0.2) is 23.2 Å². The topological polar surface area (TPSA) is 60.2 Å². The number of nitrogens with zero attached hydrogens (tertiary/aromatic N) is 2. The lowest BCUT2D eigenvalue weighted by molar-refractivity contribution is 0.242. The summed E-state index contributed by atoms with van der Waals surface area (Å²) in [6.45, 7) is 2.36. The minimum Gasteiger partial charge on any atom is -0.484 e. The fourth-order valence-corrected chi connectivity index (χ4v) is 1.84. The van der Waals surface area contributed by atoms with Crippen LogP contribution in [0.5, 0.6) is 5.75 Å². The van der Waals surface area contributed by atoms with E-state index in [0.717, 1.165) is 12.2 Å². The maximum atomic E-state index is 5.58. The van der Waals surface area contributed by atoms with Crippen LogP contribution in [0.1, 0.15) is 18.6 Å². The Kier molecular flexibility index (Phi) is 5.15. The fraction of sp³-hybridized carbons (Fsp3) is 0.385. The molecule has 1 aromatic carbocycles. The Morgan fingerprint density at radius 3 is 2.79 bits per heavy atom. The number of hydrogen-bond acceptors (Lipinski definition) is 5. The van der Waals surface area contributed by atoms with Crippen molar-refractivity contribution in [1.82, 2.24) is 15.5 Å². The summed E-state index contributed by atoms with van der Waals surface area (Å²) in [6.07, 6.45) is 0.740. The number of rotatable bonds is 6. The van der Waals surface area contributed by atoms with Crippen molar-refractivity contribution < 1.29 is 9.26 Å². The lowest BCUT2D eigenvalue weighted by atomic mass is 10.2. The second kappa shape index (κ2) is 6.85. The molecule has 0 aliphatic carbocycles. The van der Waals surface area contributed by atoms with Gasteiger partial charge >= 0.3 is 0 Å². The van der Waals surface area contributed by atoms with Gasteiger partial charge in [0.15, 0.2) is 12.4 Å². The van der Waals surface area contributed by atoms with E-state index in [1.165, 1.54) is 3.57 Å². The summed E-state index contributed by atoms with van der Waals surface area (Å²) in [6, 6.07) is 8.14. The van der Waals surface area contributed by atoms with E-state index in [2.05, 4.69) is 45.0 Å². The van der Waals surface area contributed by atoms with Crippen molar-refractivity contribution in [3.8, 4) is 5.75 Å². The SMILES string of the molecule is CNC(C)Cc1noc(COc2ccc(I)cc2)n1. The molecule has 0 aliphatic heterocycles. The van der Waals surface area contributed by atoms with Gasteiger partial charge in [0.25, 0.3) is 5.89 Å². The van der Waals surface area contributed by atoms with E-state index in [1.807, 2.05) is 31.3 Å². The van der Waals surface area contributed by atoms with Gasteiger partial charge < -0.3 is 14.6 Å². The standard InChI is InChI=1S/C13H16IN3O2/c1-9(15-2)7-12-16-13(19-17-12)8-18-11-5-3-10(14)4-6-11/h3-6,9,15H,7-8H2,1-2H3. The Hall–Kier alpha value is -1.15. The van der Waals surface area contributed by atoms with E-state index in [4.69, 9.17) is 9.26 Å². The van der Waals surface area contributed by atoms with Crippen LogP contribution in [0.4, 0.5) is 0 Å². The first-order valence-electron chi connectivity index (χ1n) is 6.04. The normalized spacial score (nSPS) is 12.4. The van der Waals surface area contributed by atoms with Crippen molar-refractivity contribution in [2.75, 3.05) is 7.05 Å². The van der Waals surface area contributed by atoms with Crippen LogP contribution in [0.25, 0.3) is 0 Å². The first-order chi connectivity index (χ1) is 9.17. The van der Waals surface area contributed by atoms with Gasteiger partial charge in [-0.2, -0.15) is 4.98 Å². The highest BCUT2D eigenvalue weighted by Crippen LogP contribution is 2.14. The van der Waals surface area contributed by atoms with Crippen molar-refractivity contribution in [3.05, 3.63) is 39.6 Å². The Morgan fingerprint density at radius 2 is 2.11 bits per heavy atom. The zero-order valence-electron chi connectivity index (χ0n) is 10.9. The summed E-state index contributed by atoms with van der Waals surface area (Å²) in [5, 5.41) is 7.06. The molecule has 0 spiro atoms. The number of nitrogens with one attached hydrogen (secondary N) is 1. The molecule has 1 N–H and O–H groups in total. The second-order valence-electron chi connectivity index (χ2n) is 4.24. The lowest BCUT2D eigenvalue weighted by Gasteiger charge is -2.04. The maximum Gasteiger partial charge on any atom is 0.264 e. The summed E-state index contributed by atoms with van der Waals surface area (Å²) >= 11 is 2.25. The number of aromatic nitrogens is 2. The molecule has 2 aromatic rings. The number of likely N-dealkylation sites (N-methyl/N-ethyl adjacent to an activating group) is 1. The van der Waals surface area contributed by atoms with Crippen LogP contribution in [0.2, 0.25) is 0 Å². The van der Waals surface area contributed by atoms with Gasteiger partial charge in [-0.25, -0.2) is 0 Å². The molecule has 2 rings (SSSR count). The van der Waals surface area contributed by atoms with Crippen molar-refractivity contribution in [2.45, 2.75) is 26.0 Å². The zero-order chi connectivity index (χ0) is 13.7. The molecule has 19 heavy (non-hydrogen) atoms. The van der Waals surface area contributed by atoms with E-state index < -0.39 is 0 Å². The van der Waals surface area contributed by atoms with E-state index in [1.54, 1.807) is 0 Å². The lowest BCUT2D eigenvalue weighted by Crippen LogP contribution is -2.24. The summed E-state index contributed by atoms with van der Waals surface area (Å²) in [5.74, 6) is 1.99. The maximum absolute atomic E-state index is 5.58. The molecule has 0 aliphatic rings. The van der Waals surface area contributed by atoms with Gasteiger partial charge in [0.05, 0.1) is 0 Å². The molecule has 0 saturated heterocycles. The van der Waals surface area contributed by atoms with E-state index >= 15 is 0 Å². The van der Waals surface area contributed by atoms with Gasteiger partial charge in [-0.1, -0.05) is 5.16 Å². The molecular weight excluding hydrogens is 357 g/mol. The van der Waals surface area contributed by atoms with Crippen LogP contribution in [-0.2, 0) is 13.0 Å². The van der Waals surface area contributed by atoms with Crippen LogP contribution in [0, 0.1) is 3.57 Å². The highest BCUT2D eigenvalue weighted by Gasteiger charge is 2.09. The van der Waals surface area contributed by atoms with Crippen LogP contribution in [0.15, 0.2) is 28.8 Å². The Labute approximate surface area is 125 Å². The van der Waals surface area contributed by atoms with Gasteiger partial charge in [0.1, 0.15) is 5.75 Å². The third-order valence-electron chi connectivity index (χ3n) is 2.67. The predicted molar refractivity (Wildman–Crippen MR) is 80.0 cm³/mol. The second-order valence-corrected chi connectivity index (χ2v) is 5.49. The number of hydrogen-bond donors (Lipinski definition) is 1. The highest BCUT2D eigenvalue weighted by molar-refractivity contribution is 14.1. The largest absolute Gasteiger partial charge is 0.484 e. The first kappa shape index (κ1) is 14.3. The van der Waals surface area contributed by atoms with Gasteiger partial charge in [0.2, 0.25) is 0 Å². The Bertz CT molecular complexity index is 513. The van der Waals surface area contributed by atoms with E-state index in [-0.39, 0.29) is 0 Å². The van der Waals surface area contributed by atoms with Gasteiger partial charge in [-0.15, -0.1) is 0 Å². The van der Waals surface area contributed by atoms with Crippen LogP contribution in [0.3, 0.4) is 0 Å². The molecule has 1 atom stereocenters. The van der Waals surface area contributed by atoms with E-state index in [9.17, 15) is 0 Å². The fourth-order valence-electron chi connectivity index (χ4n) is 1.48. The molecule has 102 valence electrons. The third kappa shape index (κ3) is 4.46. The summed E-state index contributed by atoms with van der Waals surface area (Å²) < 4.78 is 11.9. The monoisotopic (exact) mass is 373 g/mol. The number of halogens is 1. The number of benzene rings is 1. The molecule has 1 unspecified atom stereocenters. The molecule has 0 radical (unpaired) electrons. The van der Waals surface area contributed by atoms with Gasteiger partial charge in [-0.3, -0.25) is 0 Å². The van der Waals surface area contributed by atoms with Crippen LogP contribution < -0.4 is 10.1 Å². The predicted octanol–water partition coefficient (Wildman–Crippen LogP) is 2.40. The average molecular weight is 373 g/mol. The Balaban J connectivity index is 1.88. The van der Waals surface area contributed by atoms with Crippen molar-refractivity contribution >= 4 is 22.6 Å². The smallest absolute Gasteiger partial charge is 0.264 e. The molecule has 1 heterocycles. The first-order valence-corrected chi connectivity index (χ1v) is 7.12. The molecular formula is C13H16IN3O2. The molecule has 1 aromatic heterocycles. The molecule has 6 heteroatoms. The molecule has 0 amide bonds. The van der Waals surface area contributed by atoms with Crippen molar-refractivity contribution in [2.24, 2.45) is 0 Å². The molecule has 0 saturated carbocycles.